The minimum Gasteiger partial charge on any atom is -0.497 e. The second kappa shape index (κ2) is 6.94. The lowest BCUT2D eigenvalue weighted by molar-refractivity contribution is 0.0698. The van der Waals surface area contributed by atoms with Crippen LogP contribution in [0.3, 0.4) is 0 Å². The summed E-state index contributed by atoms with van der Waals surface area (Å²) in [6.45, 7) is 1.23. The molecule has 0 saturated carbocycles. The van der Waals surface area contributed by atoms with Crippen LogP contribution in [0.4, 0.5) is 10.5 Å². The van der Waals surface area contributed by atoms with Gasteiger partial charge in [0.05, 0.1) is 18.4 Å². The van der Waals surface area contributed by atoms with Gasteiger partial charge in [0, 0.05) is 25.3 Å². The molecule has 1 saturated heterocycles. The third-order valence-electron chi connectivity index (χ3n) is 3.26. The van der Waals surface area contributed by atoms with Crippen molar-refractivity contribution in [2.45, 2.75) is 18.9 Å². The zero-order valence-corrected chi connectivity index (χ0v) is 11.7. The largest absolute Gasteiger partial charge is 0.497 e. The molecule has 0 unspecified atom stereocenters. The average molecular weight is 294 g/mol. The smallest absolute Gasteiger partial charge is 0.337 e. The van der Waals surface area contributed by atoms with Gasteiger partial charge in [-0.1, -0.05) is 0 Å². The second-order valence-corrected chi connectivity index (χ2v) is 4.70. The van der Waals surface area contributed by atoms with Gasteiger partial charge in [0.1, 0.15) is 5.75 Å². The Kier molecular flexibility index (Phi) is 4.99. The fourth-order valence-electron chi connectivity index (χ4n) is 2.13. The first-order chi connectivity index (χ1) is 10.1. The SMILES string of the molecule is COc1ccc(C(=O)O)c(NC(=O)NC2CCOCC2)c1. The summed E-state index contributed by atoms with van der Waals surface area (Å²) in [7, 11) is 1.47. The third kappa shape index (κ3) is 4.09. The maximum absolute atomic E-state index is 12.0. The summed E-state index contributed by atoms with van der Waals surface area (Å²) >= 11 is 0. The van der Waals surface area contributed by atoms with Crippen molar-refractivity contribution >= 4 is 17.7 Å². The quantitative estimate of drug-likeness (QED) is 0.785. The van der Waals surface area contributed by atoms with E-state index >= 15 is 0 Å². The number of urea groups is 1. The van der Waals surface area contributed by atoms with Crippen LogP contribution in [0.25, 0.3) is 0 Å². The van der Waals surface area contributed by atoms with E-state index < -0.39 is 12.0 Å². The van der Waals surface area contributed by atoms with Crippen molar-refractivity contribution in [2.75, 3.05) is 25.6 Å². The van der Waals surface area contributed by atoms with Crippen LogP contribution in [0.5, 0.6) is 5.75 Å². The Bertz CT molecular complexity index is 526. The van der Waals surface area contributed by atoms with Gasteiger partial charge < -0.3 is 25.2 Å². The van der Waals surface area contributed by atoms with E-state index in [2.05, 4.69) is 10.6 Å². The molecule has 0 atom stereocenters. The molecule has 1 heterocycles. The molecule has 21 heavy (non-hydrogen) atoms. The number of amides is 2. The summed E-state index contributed by atoms with van der Waals surface area (Å²) in [6.07, 6.45) is 1.49. The first-order valence-electron chi connectivity index (χ1n) is 6.66. The first kappa shape index (κ1) is 15.1. The van der Waals surface area contributed by atoms with E-state index in [0.29, 0.717) is 19.0 Å². The molecule has 0 radical (unpaired) electrons. The number of aromatic carboxylic acids is 1. The van der Waals surface area contributed by atoms with Gasteiger partial charge in [0.25, 0.3) is 0 Å². The molecule has 1 aromatic carbocycles. The molecule has 0 aromatic heterocycles. The van der Waals surface area contributed by atoms with Crippen molar-refractivity contribution in [1.29, 1.82) is 0 Å². The van der Waals surface area contributed by atoms with Gasteiger partial charge in [0.15, 0.2) is 0 Å². The average Bonchev–Trinajstić information content (AvgIpc) is 2.47. The fourth-order valence-corrected chi connectivity index (χ4v) is 2.13. The minimum atomic E-state index is -1.11. The maximum atomic E-state index is 12.0. The molecule has 1 aliphatic heterocycles. The zero-order valence-electron chi connectivity index (χ0n) is 11.7. The number of anilines is 1. The lowest BCUT2D eigenvalue weighted by Gasteiger charge is -2.23. The third-order valence-corrected chi connectivity index (χ3v) is 3.26. The number of carbonyl (C=O) groups is 2. The second-order valence-electron chi connectivity index (χ2n) is 4.70. The number of hydrogen-bond donors (Lipinski definition) is 3. The molecule has 7 nitrogen and oxygen atoms in total. The van der Waals surface area contributed by atoms with Gasteiger partial charge in [-0.05, 0) is 25.0 Å². The van der Waals surface area contributed by atoms with E-state index in [1.807, 2.05) is 0 Å². The number of hydrogen-bond acceptors (Lipinski definition) is 4. The number of methoxy groups -OCH3 is 1. The molecule has 3 N–H and O–H groups in total. The number of benzene rings is 1. The number of ether oxygens (including phenoxy) is 2. The molecule has 2 rings (SSSR count). The summed E-state index contributed by atoms with van der Waals surface area (Å²) in [5, 5.41) is 14.5. The van der Waals surface area contributed by atoms with Crippen LogP contribution in [0.1, 0.15) is 23.2 Å². The number of nitrogens with one attached hydrogen (secondary N) is 2. The monoisotopic (exact) mass is 294 g/mol. The van der Waals surface area contributed by atoms with Gasteiger partial charge in [0.2, 0.25) is 0 Å². The van der Waals surface area contributed by atoms with Crippen LogP contribution in [-0.4, -0.2) is 43.5 Å². The molecule has 1 aromatic rings. The highest BCUT2D eigenvalue weighted by atomic mass is 16.5. The van der Waals surface area contributed by atoms with Crippen LogP contribution in [0.2, 0.25) is 0 Å². The van der Waals surface area contributed by atoms with E-state index in [9.17, 15) is 9.59 Å². The Balaban J connectivity index is 2.06. The summed E-state index contributed by atoms with van der Waals surface area (Å²) in [6, 6.07) is 4.01. The highest BCUT2D eigenvalue weighted by Gasteiger charge is 2.18. The lowest BCUT2D eigenvalue weighted by atomic mass is 10.1. The summed E-state index contributed by atoms with van der Waals surface area (Å²) in [5.74, 6) is -0.639. The predicted octanol–water partition coefficient (Wildman–Crippen LogP) is 1.69. The summed E-state index contributed by atoms with van der Waals surface area (Å²) < 4.78 is 10.3. The predicted molar refractivity (Wildman–Crippen MR) is 75.9 cm³/mol. The van der Waals surface area contributed by atoms with Gasteiger partial charge in [-0.25, -0.2) is 9.59 Å². The van der Waals surface area contributed by atoms with Crippen LogP contribution in [0.15, 0.2) is 18.2 Å². The highest BCUT2D eigenvalue weighted by molar-refractivity contribution is 6.00. The molecule has 0 bridgehead atoms. The van der Waals surface area contributed by atoms with Crippen molar-refractivity contribution < 1.29 is 24.2 Å². The Morgan fingerprint density at radius 1 is 1.33 bits per heavy atom. The van der Waals surface area contributed by atoms with E-state index in [-0.39, 0.29) is 17.3 Å². The Labute approximate surface area is 122 Å². The van der Waals surface area contributed by atoms with Gasteiger partial charge in [-0.3, -0.25) is 0 Å². The first-order valence-corrected chi connectivity index (χ1v) is 6.66. The topological polar surface area (TPSA) is 96.9 Å². The summed E-state index contributed by atoms with van der Waals surface area (Å²) in [5.41, 5.74) is 0.212. The Hall–Kier alpha value is -2.28. The lowest BCUT2D eigenvalue weighted by Crippen LogP contribution is -2.41. The standard InChI is InChI=1S/C14H18N2O5/c1-20-10-2-3-11(13(17)18)12(8-10)16-14(19)15-9-4-6-21-7-5-9/h2-3,8-9H,4-7H2,1H3,(H,17,18)(H2,15,16,19). The van der Waals surface area contributed by atoms with Crippen LogP contribution < -0.4 is 15.4 Å². The molecule has 1 fully saturated rings. The van der Waals surface area contributed by atoms with E-state index in [0.717, 1.165) is 12.8 Å². The molecule has 114 valence electrons. The molecular formula is C14H18N2O5. The van der Waals surface area contributed by atoms with Crippen molar-refractivity contribution in [3.8, 4) is 5.75 Å². The van der Waals surface area contributed by atoms with Crippen LogP contribution in [0, 0.1) is 0 Å². The van der Waals surface area contributed by atoms with Gasteiger partial charge >= 0.3 is 12.0 Å². The Morgan fingerprint density at radius 3 is 2.67 bits per heavy atom. The molecule has 1 aliphatic rings. The van der Waals surface area contributed by atoms with E-state index in [1.54, 1.807) is 0 Å². The van der Waals surface area contributed by atoms with Gasteiger partial charge in [-0.2, -0.15) is 0 Å². The summed E-state index contributed by atoms with van der Waals surface area (Å²) in [4.78, 5) is 23.1. The number of carboxylic acid groups (broad SMARTS) is 1. The Morgan fingerprint density at radius 2 is 2.05 bits per heavy atom. The fraction of sp³-hybridized carbons (Fsp3) is 0.429. The molecule has 0 aliphatic carbocycles. The van der Waals surface area contributed by atoms with Gasteiger partial charge in [-0.15, -0.1) is 0 Å². The van der Waals surface area contributed by atoms with E-state index in [1.165, 1.54) is 25.3 Å². The van der Waals surface area contributed by atoms with E-state index in [4.69, 9.17) is 14.6 Å². The molecule has 0 spiro atoms. The number of rotatable bonds is 4. The maximum Gasteiger partial charge on any atom is 0.337 e. The normalized spacial score (nSPS) is 15.3. The zero-order chi connectivity index (χ0) is 15.2. The van der Waals surface area contributed by atoms with Crippen molar-refractivity contribution in [3.05, 3.63) is 23.8 Å². The number of carbonyl (C=O) groups excluding carboxylic acids is 1. The van der Waals surface area contributed by atoms with Crippen LogP contribution in [-0.2, 0) is 4.74 Å². The van der Waals surface area contributed by atoms with Crippen molar-refractivity contribution in [2.24, 2.45) is 0 Å². The highest BCUT2D eigenvalue weighted by Crippen LogP contribution is 2.22. The molecular weight excluding hydrogens is 276 g/mol. The molecule has 7 heteroatoms. The number of carboxylic acids is 1. The minimum absolute atomic E-state index is 0.0120. The molecule has 2 amide bonds. The van der Waals surface area contributed by atoms with Crippen molar-refractivity contribution in [3.63, 3.8) is 0 Å². The van der Waals surface area contributed by atoms with Crippen LogP contribution >= 0.6 is 0 Å². The van der Waals surface area contributed by atoms with Crippen molar-refractivity contribution in [1.82, 2.24) is 5.32 Å².